The van der Waals surface area contributed by atoms with Crippen molar-refractivity contribution in [1.29, 1.82) is 0 Å². The van der Waals surface area contributed by atoms with Crippen LogP contribution in [0.15, 0.2) is 64.4 Å². The number of aromatic carboxylic acids is 2. The molecule has 0 aliphatic carbocycles. The van der Waals surface area contributed by atoms with E-state index >= 15 is 0 Å². The fraction of sp³-hybridized carbons (Fsp3) is 0.0952. The van der Waals surface area contributed by atoms with Gasteiger partial charge in [-0.25, -0.2) is 9.78 Å². The second-order valence-electron chi connectivity index (χ2n) is 6.42. The standard InChI is InChI=1S/C7H8N4O2.2C7H6O3.Mg.5H2O/c1-10-5-4(8-3-9-5)6(12)11(2)7(10)13;2*8-6-4-2-1-3-5(6)7(9)10;;;;;;/h3H,1-2H3,(H,8,9);2*1-4,8H,(H,9,10);;5*1H2/q;;;+2;;;;;/p-2. The zero-order chi connectivity index (χ0) is 24.7. The Bertz CT molecular complexity index is 1380. The molecule has 0 bridgehead atoms. The monoisotopic (exact) mass is 568 g/mol. The zero-order valence-electron chi connectivity index (χ0n) is 20.6. The molecule has 2 heterocycles. The molecule has 18 heteroatoms. The summed E-state index contributed by atoms with van der Waals surface area (Å²) in [6.07, 6.45) is 1.39. The van der Waals surface area contributed by atoms with Gasteiger partial charge < -0.3 is 62.4 Å². The van der Waals surface area contributed by atoms with Crippen molar-refractivity contribution >= 4 is 46.2 Å². The predicted molar refractivity (Wildman–Crippen MR) is 135 cm³/mol. The summed E-state index contributed by atoms with van der Waals surface area (Å²) in [5.41, 5.74) is -0.345. The number of aromatic nitrogens is 4. The Hall–Kier alpha value is -4.30. The van der Waals surface area contributed by atoms with Crippen LogP contribution in [0.4, 0.5) is 0 Å². The molecule has 0 spiro atoms. The molecule has 0 saturated carbocycles. The molecule has 0 aliphatic heterocycles. The Morgan fingerprint density at radius 2 is 1.15 bits per heavy atom. The van der Waals surface area contributed by atoms with Gasteiger partial charge in [-0.3, -0.25) is 13.9 Å². The molecule has 212 valence electrons. The van der Waals surface area contributed by atoms with Crippen LogP contribution >= 0.6 is 0 Å². The molecule has 0 unspecified atom stereocenters. The van der Waals surface area contributed by atoms with Crippen molar-refractivity contribution in [2.45, 2.75) is 0 Å². The third kappa shape index (κ3) is 10.9. The van der Waals surface area contributed by atoms with Gasteiger partial charge >= 0.3 is 28.7 Å². The van der Waals surface area contributed by atoms with E-state index in [1.165, 1.54) is 54.3 Å². The first-order valence-corrected chi connectivity index (χ1v) is 9.14. The van der Waals surface area contributed by atoms with E-state index in [1.54, 1.807) is 19.2 Å². The van der Waals surface area contributed by atoms with Gasteiger partial charge in [-0.1, -0.05) is 24.3 Å². The van der Waals surface area contributed by atoms with Gasteiger partial charge in [-0.2, -0.15) is 0 Å². The van der Waals surface area contributed by atoms with E-state index in [4.69, 9.17) is 10.2 Å². The molecule has 2 aromatic heterocycles. The number of carbonyl (C=O) groups excluding carboxylic acids is 2. The van der Waals surface area contributed by atoms with Gasteiger partial charge in [0.15, 0.2) is 5.65 Å². The van der Waals surface area contributed by atoms with Crippen molar-refractivity contribution in [2.75, 3.05) is 0 Å². The van der Waals surface area contributed by atoms with E-state index in [0.717, 1.165) is 4.57 Å². The first kappa shape index (κ1) is 44.7. The van der Waals surface area contributed by atoms with Crippen molar-refractivity contribution in [3.05, 3.63) is 86.8 Å². The number of carboxylic acid groups (broad SMARTS) is 2. The molecule has 2 aromatic carbocycles. The first-order chi connectivity index (χ1) is 15.6. The number of aromatic hydroxyl groups is 2. The van der Waals surface area contributed by atoms with Crippen molar-refractivity contribution < 1.29 is 57.4 Å². The number of fused-ring (bicyclic) bond motifs is 1. The van der Waals surface area contributed by atoms with Crippen LogP contribution in [-0.4, -0.2) is 91.7 Å². The number of rotatable bonds is 2. The Kier molecular flexibility index (Phi) is 22.6. The molecule has 17 nitrogen and oxygen atoms in total. The zero-order valence-corrected chi connectivity index (χ0v) is 22.0. The minimum absolute atomic E-state index is 0. The number of hydrogen-bond donors (Lipinski definition) is 3. The summed E-state index contributed by atoms with van der Waals surface area (Å²) >= 11 is 0. The van der Waals surface area contributed by atoms with E-state index in [0.29, 0.717) is 11.2 Å². The Morgan fingerprint density at radius 3 is 1.49 bits per heavy atom. The molecular formula is C21H28MgN4O13. The number of nitrogens with one attached hydrogen (secondary N) is 1. The number of para-hydroxylation sites is 2. The molecule has 0 fully saturated rings. The third-order valence-electron chi connectivity index (χ3n) is 4.28. The van der Waals surface area contributed by atoms with Gasteiger partial charge in [-0.05, 0) is 24.3 Å². The molecule has 4 aromatic rings. The van der Waals surface area contributed by atoms with Crippen LogP contribution in [0.3, 0.4) is 0 Å². The number of aromatic amines is 1. The summed E-state index contributed by atoms with van der Waals surface area (Å²) < 4.78 is 2.37. The number of hydrogen-bond acceptors (Lipinski definition) is 9. The topological polar surface area (TPSA) is 351 Å². The summed E-state index contributed by atoms with van der Waals surface area (Å²) in [6.45, 7) is 0. The van der Waals surface area contributed by atoms with Gasteiger partial charge in [0, 0.05) is 25.2 Å². The summed E-state index contributed by atoms with van der Waals surface area (Å²) in [4.78, 5) is 49.7. The van der Waals surface area contributed by atoms with Crippen molar-refractivity contribution in [3.8, 4) is 11.5 Å². The normalized spacial score (nSPS) is 8.36. The number of nitrogens with zero attached hydrogens (tertiary/aromatic N) is 3. The number of phenols is 2. The number of carboxylic acids is 2. The SMILES string of the molecule is Cn1c(=O)c2[nH]cnc2n(C)c1=O.O.O.O.O.O.O=C([O-])c1ccccc1O.O=C([O-])c1ccccc1O.[Mg+2]. The van der Waals surface area contributed by atoms with Gasteiger partial charge in [0.1, 0.15) is 17.0 Å². The maximum atomic E-state index is 11.4. The van der Waals surface area contributed by atoms with Gasteiger partial charge in [0.25, 0.3) is 5.56 Å². The maximum Gasteiger partial charge on any atom is 2.00 e. The maximum absolute atomic E-state index is 11.4. The number of carbonyl (C=O) groups is 2. The predicted octanol–water partition coefficient (Wildman–Crippen LogP) is -6.03. The van der Waals surface area contributed by atoms with Crippen LogP contribution in [0, 0.1) is 0 Å². The van der Waals surface area contributed by atoms with Gasteiger partial charge in [-0.15, -0.1) is 0 Å². The van der Waals surface area contributed by atoms with Crippen molar-refractivity contribution in [1.82, 2.24) is 19.1 Å². The van der Waals surface area contributed by atoms with Crippen molar-refractivity contribution in [2.24, 2.45) is 14.1 Å². The van der Waals surface area contributed by atoms with Crippen LogP contribution in [-0.2, 0) is 14.1 Å². The molecule has 0 saturated heterocycles. The van der Waals surface area contributed by atoms with Crippen LogP contribution in [0.5, 0.6) is 11.5 Å². The quantitative estimate of drug-likeness (QED) is 0.193. The third-order valence-corrected chi connectivity index (χ3v) is 4.28. The summed E-state index contributed by atoms with van der Waals surface area (Å²) in [5.74, 6) is -3.25. The molecule has 39 heavy (non-hydrogen) atoms. The van der Waals surface area contributed by atoms with Crippen LogP contribution in [0.25, 0.3) is 11.2 Å². The average Bonchev–Trinajstić information content (AvgIpc) is 3.28. The molecule has 4 rings (SSSR count). The van der Waals surface area contributed by atoms with Crippen LogP contribution < -0.4 is 21.5 Å². The summed E-state index contributed by atoms with van der Waals surface area (Å²) in [7, 11) is 3.01. The number of H-pyrrole nitrogens is 1. The molecule has 0 aliphatic rings. The minimum Gasteiger partial charge on any atom is -0.545 e. The Labute approximate surface area is 234 Å². The van der Waals surface area contributed by atoms with E-state index in [1.807, 2.05) is 0 Å². The fourth-order valence-corrected chi connectivity index (χ4v) is 2.56. The molecule has 0 radical (unpaired) electrons. The Morgan fingerprint density at radius 1 is 0.769 bits per heavy atom. The molecular weight excluding hydrogens is 541 g/mol. The second-order valence-corrected chi connectivity index (χ2v) is 6.42. The van der Waals surface area contributed by atoms with Crippen molar-refractivity contribution in [3.63, 3.8) is 0 Å². The molecule has 13 N–H and O–H groups in total. The van der Waals surface area contributed by atoms with E-state index in [9.17, 15) is 29.4 Å². The summed E-state index contributed by atoms with van der Waals surface area (Å²) in [5, 5.41) is 38.0. The van der Waals surface area contributed by atoms with E-state index in [2.05, 4.69) is 9.97 Å². The average molecular weight is 569 g/mol. The minimum atomic E-state index is -1.36. The largest absolute Gasteiger partial charge is 2.00 e. The smallest absolute Gasteiger partial charge is 0.545 e. The van der Waals surface area contributed by atoms with Crippen LogP contribution in [0.1, 0.15) is 20.7 Å². The van der Waals surface area contributed by atoms with Gasteiger partial charge in [0.05, 0.1) is 18.3 Å². The first-order valence-electron chi connectivity index (χ1n) is 9.14. The fourth-order valence-electron chi connectivity index (χ4n) is 2.56. The number of imidazole rings is 1. The molecule has 0 amide bonds. The second kappa shape index (κ2) is 19.8. The summed E-state index contributed by atoms with van der Waals surface area (Å²) in [6, 6.07) is 11.3. The number of benzene rings is 2. The van der Waals surface area contributed by atoms with Gasteiger partial charge in [0.2, 0.25) is 0 Å². The molecule has 0 atom stereocenters. The van der Waals surface area contributed by atoms with E-state index in [-0.39, 0.29) is 84.3 Å². The number of aryl methyl sites for hydroxylation is 1. The van der Waals surface area contributed by atoms with E-state index < -0.39 is 11.9 Å². The van der Waals surface area contributed by atoms with Crippen LogP contribution in [0.2, 0.25) is 0 Å². The Balaban J connectivity index is -0.000000139.